The van der Waals surface area contributed by atoms with Crippen molar-refractivity contribution >= 4 is 5.91 Å². The topological polar surface area (TPSA) is 49.3 Å². The van der Waals surface area contributed by atoms with Crippen LogP contribution in [0.4, 0.5) is 0 Å². The molecule has 0 radical (unpaired) electrons. The molecule has 0 aliphatic heterocycles. The van der Waals surface area contributed by atoms with E-state index in [-0.39, 0.29) is 29.9 Å². The normalized spacial score (nSPS) is 23.5. The van der Waals surface area contributed by atoms with Gasteiger partial charge in [0.25, 0.3) is 0 Å². The number of rotatable bonds is 4. The molecule has 0 aromatic heterocycles. The van der Waals surface area contributed by atoms with E-state index in [2.05, 4.69) is 12.2 Å². The van der Waals surface area contributed by atoms with E-state index in [9.17, 15) is 4.79 Å². The summed E-state index contributed by atoms with van der Waals surface area (Å²) in [6.45, 7) is 6.11. The van der Waals surface area contributed by atoms with Crippen molar-refractivity contribution in [2.45, 2.75) is 58.9 Å². The molecule has 0 aromatic rings. The summed E-state index contributed by atoms with van der Waals surface area (Å²) >= 11 is 0. The Balaban J connectivity index is 2.50. The van der Waals surface area contributed by atoms with Crippen LogP contribution in [0.15, 0.2) is 0 Å². The Morgan fingerprint density at radius 3 is 2.38 bits per heavy atom. The van der Waals surface area contributed by atoms with E-state index in [1.165, 1.54) is 6.42 Å². The molecule has 2 unspecified atom stereocenters. The lowest BCUT2D eigenvalue weighted by molar-refractivity contribution is -0.132. The Morgan fingerprint density at radius 1 is 1.31 bits per heavy atom. The van der Waals surface area contributed by atoms with Gasteiger partial charge in [0, 0.05) is 18.1 Å². The summed E-state index contributed by atoms with van der Waals surface area (Å²) in [6.07, 6.45) is 5.57. The second-order valence-electron chi connectivity index (χ2n) is 5.54. The maximum Gasteiger partial charge on any atom is 0.226 e. The number of hydrogen-bond donors (Lipinski definition) is 2. The number of carbonyl (C=O) groups is 1. The van der Waals surface area contributed by atoms with Crippen LogP contribution in [0.3, 0.4) is 0 Å². The largest absolute Gasteiger partial charge is 0.396 e. The lowest BCUT2D eigenvalue weighted by Gasteiger charge is -2.34. The molecule has 2 N–H and O–H groups in total. The molecule has 1 aliphatic carbocycles. The van der Waals surface area contributed by atoms with Crippen molar-refractivity contribution in [1.82, 2.24) is 5.32 Å². The zero-order chi connectivity index (χ0) is 12.2. The summed E-state index contributed by atoms with van der Waals surface area (Å²) in [5.41, 5.74) is -0.179. The Kier molecular flexibility index (Phi) is 4.78. The van der Waals surface area contributed by atoms with Gasteiger partial charge in [0.2, 0.25) is 5.91 Å². The molecule has 0 bridgehead atoms. The molecule has 1 aliphatic rings. The third kappa shape index (κ3) is 3.21. The van der Waals surface area contributed by atoms with Gasteiger partial charge in [0.05, 0.1) is 0 Å². The fourth-order valence-corrected chi connectivity index (χ4v) is 2.24. The molecular formula is C13H25NO2. The van der Waals surface area contributed by atoms with E-state index in [0.29, 0.717) is 0 Å². The van der Waals surface area contributed by atoms with Crippen LogP contribution < -0.4 is 5.32 Å². The molecule has 0 saturated heterocycles. The first-order valence-electron chi connectivity index (χ1n) is 6.41. The van der Waals surface area contributed by atoms with Gasteiger partial charge in [0.15, 0.2) is 0 Å². The SMILES string of the molecule is CC(CO)C(C)NC(=O)C1(C)CCCCC1. The Morgan fingerprint density at radius 2 is 1.88 bits per heavy atom. The Bertz CT molecular complexity index is 234. The highest BCUT2D eigenvalue weighted by Crippen LogP contribution is 2.36. The minimum absolute atomic E-state index is 0.0521. The zero-order valence-corrected chi connectivity index (χ0v) is 10.8. The van der Waals surface area contributed by atoms with E-state index in [4.69, 9.17) is 5.11 Å². The highest BCUT2D eigenvalue weighted by molar-refractivity contribution is 5.82. The Hall–Kier alpha value is -0.570. The summed E-state index contributed by atoms with van der Waals surface area (Å²) in [7, 11) is 0. The predicted molar refractivity (Wildman–Crippen MR) is 65.0 cm³/mol. The van der Waals surface area contributed by atoms with E-state index >= 15 is 0 Å². The van der Waals surface area contributed by atoms with E-state index in [1.54, 1.807) is 0 Å². The van der Waals surface area contributed by atoms with Crippen LogP contribution in [0.5, 0.6) is 0 Å². The number of aliphatic hydroxyl groups is 1. The molecule has 1 fully saturated rings. The van der Waals surface area contributed by atoms with Crippen LogP contribution in [-0.4, -0.2) is 23.7 Å². The zero-order valence-electron chi connectivity index (χ0n) is 10.8. The molecule has 1 amide bonds. The van der Waals surface area contributed by atoms with Gasteiger partial charge in [-0.1, -0.05) is 33.1 Å². The van der Waals surface area contributed by atoms with E-state index in [1.807, 2.05) is 13.8 Å². The van der Waals surface area contributed by atoms with Crippen LogP contribution >= 0.6 is 0 Å². The van der Waals surface area contributed by atoms with Gasteiger partial charge < -0.3 is 10.4 Å². The lowest BCUT2D eigenvalue weighted by Crippen LogP contribution is -2.46. The first-order valence-corrected chi connectivity index (χ1v) is 6.41. The molecule has 0 heterocycles. The maximum atomic E-state index is 12.2. The predicted octanol–water partition coefficient (Wildman–Crippen LogP) is 2.09. The molecule has 16 heavy (non-hydrogen) atoms. The molecule has 1 saturated carbocycles. The fraction of sp³-hybridized carbons (Fsp3) is 0.923. The first-order chi connectivity index (χ1) is 7.49. The number of amides is 1. The van der Waals surface area contributed by atoms with Gasteiger partial charge >= 0.3 is 0 Å². The molecule has 94 valence electrons. The van der Waals surface area contributed by atoms with Crippen molar-refractivity contribution in [2.24, 2.45) is 11.3 Å². The van der Waals surface area contributed by atoms with Crippen molar-refractivity contribution < 1.29 is 9.90 Å². The monoisotopic (exact) mass is 227 g/mol. The summed E-state index contributed by atoms with van der Waals surface area (Å²) in [6, 6.07) is 0.0521. The summed E-state index contributed by atoms with van der Waals surface area (Å²) in [5, 5.41) is 12.1. The molecule has 2 atom stereocenters. The average Bonchev–Trinajstić information content (AvgIpc) is 2.28. The van der Waals surface area contributed by atoms with Crippen molar-refractivity contribution in [3.8, 4) is 0 Å². The maximum absolute atomic E-state index is 12.2. The standard InChI is InChI=1S/C13H25NO2/c1-10(9-15)11(2)14-12(16)13(3)7-5-4-6-8-13/h10-11,15H,4-9H2,1-3H3,(H,14,16). The van der Waals surface area contributed by atoms with Crippen LogP contribution in [0, 0.1) is 11.3 Å². The minimum atomic E-state index is -0.179. The molecule has 3 nitrogen and oxygen atoms in total. The number of hydrogen-bond acceptors (Lipinski definition) is 2. The number of aliphatic hydroxyl groups excluding tert-OH is 1. The summed E-state index contributed by atoms with van der Waals surface area (Å²) < 4.78 is 0. The average molecular weight is 227 g/mol. The van der Waals surface area contributed by atoms with Gasteiger partial charge in [-0.3, -0.25) is 4.79 Å². The molecule has 3 heteroatoms. The second-order valence-corrected chi connectivity index (χ2v) is 5.54. The van der Waals surface area contributed by atoms with E-state index in [0.717, 1.165) is 25.7 Å². The van der Waals surface area contributed by atoms with Gasteiger partial charge in [-0.15, -0.1) is 0 Å². The highest BCUT2D eigenvalue weighted by Gasteiger charge is 2.35. The molecule has 0 spiro atoms. The van der Waals surface area contributed by atoms with Crippen molar-refractivity contribution in [2.75, 3.05) is 6.61 Å². The van der Waals surface area contributed by atoms with Gasteiger partial charge in [-0.2, -0.15) is 0 Å². The lowest BCUT2D eigenvalue weighted by atomic mass is 9.75. The fourth-order valence-electron chi connectivity index (χ4n) is 2.24. The third-order valence-corrected chi connectivity index (χ3v) is 4.01. The van der Waals surface area contributed by atoms with Crippen LogP contribution in [0.2, 0.25) is 0 Å². The van der Waals surface area contributed by atoms with Crippen molar-refractivity contribution in [3.05, 3.63) is 0 Å². The van der Waals surface area contributed by atoms with Crippen molar-refractivity contribution in [3.63, 3.8) is 0 Å². The summed E-state index contributed by atoms with van der Waals surface area (Å²) in [4.78, 5) is 12.2. The van der Waals surface area contributed by atoms with Crippen LogP contribution in [0.1, 0.15) is 52.9 Å². The molecule has 0 aromatic carbocycles. The highest BCUT2D eigenvalue weighted by atomic mass is 16.3. The first kappa shape index (κ1) is 13.5. The smallest absolute Gasteiger partial charge is 0.226 e. The van der Waals surface area contributed by atoms with Crippen LogP contribution in [-0.2, 0) is 4.79 Å². The van der Waals surface area contributed by atoms with Gasteiger partial charge in [-0.25, -0.2) is 0 Å². The Labute approximate surface area is 98.6 Å². The minimum Gasteiger partial charge on any atom is -0.396 e. The number of carbonyl (C=O) groups excluding carboxylic acids is 1. The second kappa shape index (κ2) is 5.67. The van der Waals surface area contributed by atoms with Gasteiger partial charge in [-0.05, 0) is 25.7 Å². The van der Waals surface area contributed by atoms with E-state index < -0.39 is 0 Å². The number of nitrogens with one attached hydrogen (secondary N) is 1. The third-order valence-electron chi connectivity index (χ3n) is 4.01. The van der Waals surface area contributed by atoms with Crippen LogP contribution in [0.25, 0.3) is 0 Å². The van der Waals surface area contributed by atoms with Gasteiger partial charge in [0.1, 0.15) is 0 Å². The van der Waals surface area contributed by atoms with Crippen molar-refractivity contribution in [1.29, 1.82) is 0 Å². The molecule has 1 rings (SSSR count). The quantitative estimate of drug-likeness (QED) is 0.772. The molecular weight excluding hydrogens is 202 g/mol. The summed E-state index contributed by atoms with van der Waals surface area (Å²) in [5.74, 6) is 0.288.